The van der Waals surface area contributed by atoms with Gasteiger partial charge in [0.05, 0.1) is 5.92 Å². The lowest BCUT2D eigenvalue weighted by Crippen LogP contribution is -2.37. The first-order valence-corrected chi connectivity index (χ1v) is 5.01. The first-order chi connectivity index (χ1) is 6.70. The van der Waals surface area contributed by atoms with Crippen molar-refractivity contribution in [2.24, 2.45) is 0 Å². The highest BCUT2D eigenvalue weighted by Gasteiger charge is 2.18. The van der Waals surface area contributed by atoms with Gasteiger partial charge in [-0.1, -0.05) is 39.2 Å². The Bertz CT molecular complexity index is 294. The van der Waals surface area contributed by atoms with Crippen LogP contribution in [0.15, 0.2) is 37.7 Å². The molecule has 0 aromatic carbocycles. The number of rotatable bonds is 5. The first-order valence-electron chi connectivity index (χ1n) is 5.01. The Balaban J connectivity index is 3.05. The molecule has 1 aromatic heterocycles. The van der Waals surface area contributed by atoms with Crippen LogP contribution in [-0.4, -0.2) is 4.57 Å². The van der Waals surface area contributed by atoms with Crippen LogP contribution in [0.4, 0.5) is 0 Å². The van der Waals surface area contributed by atoms with Crippen molar-refractivity contribution in [1.29, 1.82) is 0 Å². The second-order valence-electron chi connectivity index (χ2n) is 3.69. The van der Waals surface area contributed by atoms with E-state index in [0.717, 1.165) is 13.1 Å². The van der Waals surface area contributed by atoms with Gasteiger partial charge < -0.3 is 0 Å². The van der Waals surface area contributed by atoms with Crippen molar-refractivity contribution in [1.82, 2.24) is 4.57 Å². The molecule has 14 heavy (non-hydrogen) atoms. The molecule has 2 heteroatoms. The number of nitrogens with zero attached hydrogens (tertiary/aromatic N) is 2. The summed E-state index contributed by atoms with van der Waals surface area (Å²) < 4.78 is 4.45. The normalized spacial score (nSPS) is 10.5. The van der Waals surface area contributed by atoms with Crippen molar-refractivity contribution in [3.05, 3.63) is 43.5 Å². The Kier molecular flexibility index (Phi) is 3.69. The van der Waals surface area contributed by atoms with Gasteiger partial charge in [-0.25, -0.2) is 9.13 Å². The fourth-order valence-corrected chi connectivity index (χ4v) is 1.73. The minimum absolute atomic E-state index is 0.518. The topological polar surface area (TPSA) is 8.81 Å². The van der Waals surface area contributed by atoms with Gasteiger partial charge in [-0.3, -0.25) is 0 Å². The van der Waals surface area contributed by atoms with Gasteiger partial charge in [0.15, 0.2) is 0 Å². The maximum Gasteiger partial charge on any atom is 0.259 e. The molecular formula is C12H19N2+. The minimum Gasteiger partial charge on any atom is -0.230 e. The van der Waals surface area contributed by atoms with Crippen LogP contribution in [0.1, 0.15) is 25.6 Å². The first kappa shape index (κ1) is 10.8. The third-order valence-corrected chi connectivity index (χ3v) is 2.18. The third-order valence-electron chi connectivity index (χ3n) is 2.18. The van der Waals surface area contributed by atoms with Gasteiger partial charge in [0.25, 0.3) is 5.82 Å². The van der Waals surface area contributed by atoms with Gasteiger partial charge in [0.1, 0.15) is 25.5 Å². The van der Waals surface area contributed by atoms with Crippen LogP contribution in [0.25, 0.3) is 0 Å². The fourth-order valence-electron chi connectivity index (χ4n) is 1.73. The molecule has 0 bridgehead atoms. The molecule has 0 saturated carbocycles. The van der Waals surface area contributed by atoms with Gasteiger partial charge in [0, 0.05) is 0 Å². The van der Waals surface area contributed by atoms with Crippen molar-refractivity contribution in [3.8, 4) is 0 Å². The highest BCUT2D eigenvalue weighted by atomic mass is 15.1. The molecular weight excluding hydrogens is 172 g/mol. The molecule has 2 nitrogen and oxygen atoms in total. The van der Waals surface area contributed by atoms with Crippen LogP contribution in [0.2, 0.25) is 0 Å². The number of allylic oxidation sites excluding steroid dienone is 2. The largest absolute Gasteiger partial charge is 0.259 e. The summed E-state index contributed by atoms with van der Waals surface area (Å²) in [6, 6.07) is 0. The van der Waals surface area contributed by atoms with E-state index in [9.17, 15) is 0 Å². The maximum absolute atomic E-state index is 3.76. The molecule has 0 spiro atoms. The average Bonchev–Trinajstić information content (AvgIpc) is 2.49. The van der Waals surface area contributed by atoms with E-state index in [1.165, 1.54) is 5.82 Å². The molecule has 1 heterocycles. The Morgan fingerprint density at radius 1 is 1.43 bits per heavy atom. The smallest absolute Gasteiger partial charge is 0.230 e. The molecule has 0 atom stereocenters. The lowest BCUT2D eigenvalue weighted by Gasteiger charge is -2.04. The minimum atomic E-state index is 0.518. The van der Waals surface area contributed by atoms with Gasteiger partial charge in [-0.05, 0) is 0 Å². The highest BCUT2D eigenvalue weighted by molar-refractivity contribution is 4.92. The van der Waals surface area contributed by atoms with Crippen LogP contribution in [0, 0.1) is 0 Å². The summed E-state index contributed by atoms with van der Waals surface area (Å²) >= 11 is 0. The van der Waals surface area contributed by atoms with Crippen molar-refractivity contribution in [2.75, 3.05) is 0 Å². The van der Waals surface area contributed by atoms with Crippen molar-refractivity contribution in [2.45, 2.75) is 32.9 Å². The van der Waals surface area contributed by atoms with Crippen LogP contribution in [0.3, 0.4) is 0 Å². The summed E-state index contributed by atoms with van der Waals surface area (Å²) in [5, 5.41) is 0. The summed E-state index contributed by atoms with van der Waals surface area (Å²) in [6.45, 7) is 13.7. The zero-order valence-electron chi connectivity index (χ0n) is 9.11. The number of hydrogen-bond donors (Lipinski definition) is 0. The molecule has 0 aliphatic heterocycles. The van der Waals surface area contributed by atoms with Gasteiger partial charge in [-0.2, -0.15) is 0 Å². The molecule has 1 rings (SSSR count). The quantitative estimate of drug-likeness (QED) is 0.498. The number of imidazole rings is 1. The second-order valence-corrected chi connectivity index (χ2v) is 3.69. The molecule has 1 aromatic rings. The predicted octanol–water partition coefficient (Wildman–Crippen LogP) is 2.27. The monoisotopic (exact) mass is 191 g/mol. The van der Waals surface area contributed by atoms with E-state index in [0.29, 0.717) is 5.92 Å². The summed E-state index contributed by atoms with van der Waals surface area (Å²) in [7, 11) is 0. The Labute approximate surface area is 86.2 Å². The zero-order chi connectivity index (χ0) is 10.6. The van der Waals surface area contributed by atoms with Crippen LogP contribution in [-0.2, 0) is 13.1 Å². The molecule has 0 radical (unpaired) electrons. The van der Waals surface area contributed by atoms with Crippen LogP contribution in [0.5, 0.6) is 0 Å². The average molecular weight is 191 g/mol. The van der Waals surface area contributed by atoms with Gasteiger partial charge >= 0.3 is 0 Å². The van der Waals surface area contributed by atoms with Crippen LogP contribution >= 0.6 is 0 Å². The lowest BCUT2D eigenvalue weighted by molar-refractivity contribution is -0.695. The molecule has 0 aliphatic rings. The molecule has 0 N–H and O–H groups in total. The van der Waals surface area contributed by atoms with Gasteiger partial charge in [0.2, 0.25) is 0 Å². The number of hydrogen-bond acceptors (Lipinski definition) is 0. The predicted molar refractivity (Wildman–Crippen MR) is 59.1 cm³/mol. The zero-order valence-corrected chi connectivity index (χ0v) is 9.11. The summed E-state index contributed by atoms with van der Waals surface area (Å²) in [5.41, 5.74) is 0. The lowest BCUT2D eigenvalue weighted by atomic mass is 10.2. The summed E-state index contributed by atoms with van der Waals surface area (Å²) in [5.74, 6) is 1.84. The van der Waals surface area contributed by atoms with Crippen molar-refractivity contribution < 1.29 is 4.57 Å². The maximum atomic E-state index is 3.76. The second kappa shape index (κ2) is 4.80. The van der Waals surface area contributed by atoms with Crippen molar-refractivity contribution in [3.63, 3.8) is 0 Å². The molecule has 0 saturated heterocycles. The Morgan fingerprint density at radius 3 is 2.64 bits per heavy atom. The van der Waals surface area contributed by atoms with E-state index >= 15 is 0 Å². The van der Waals surface area contributed by atoms with E-state index in [4.69, 9.17) is 0 Å². The molecule has 0 unspecified atom stereocenters. The van der Waals surface area contributed by atoms with Crippen molar-refractivity contribution >= 4 is 0 Å². The van der Waals surface area contributed by atoms with E-state index in [-0.39, 0.29) is 0 Å². The highest BCUT2D eigenvalue weighted by Crippen LogP contribution is 2.10. The van der Waals surface area contributed by atoms with E-state index < -0.39 is 0 Å². The molecule has 0 fully saturated rings. The fraction of sp³-hybridized carbons (Fsp3) is 0.417. The molecule has 0 amide bonds. The summed E-state index contributed by atoms with van der Waals surface area (Å²) in [6.07, 6.45) is 8.04. The Hall–Kier alpha value is -1.31. The van der Waals surface area contributed by atoms with E-state index in [2.05, 4.69) is 48.5 Å². The van der Waals surface area contributed by atoms with Crippen LogP contribution < -0.4 is 4.57 Å². The van der Waals surface area contributed by atoms with Gasteiger partial charge in [-0.15, -0.1) is 0 Å². The standard InChI is InChI=1S/C12H19N2/c1-5-7-13-9-10-14(8-6-2)12(13)11(3)4/h5-6,9-11H,1-2,7-8H2,3-4H3/q+1. The molecule has 76 valence electrons. The third kappa shape index (κ3) is 2.13. The van der Waals surface area contributed by atoms with E-state index in [1.54, 1.807) is 0 Å². The van der Waals surface area contributed by atoms with E-state index in [1.807, 2.05) is 12.2 Å². The SMILES string of the molecule is C=CCn1cc[n+](CC=C)c1C(C)C. The molecule has 0 aliphatic carbocycles. The number of aromatic nitrogens is 2. The Morgan fingerprint density at radius 2 is 2.14 bits per heavy atom. The summed E-state index contributed by atoms with van der Waals surface area (Å²) in [4.78, 5) is 0.